The molecule has 1 saturated carbocycles. The number of carbonyl (C=O) groups is 1. The van der Waals surface area contributed by atoms with Gasteiger partial charge in [-0.05, 0) is 60.3 Å². The summed E-state index contributed by atoms with van der Waals surface area (Å²) in [5, 5.41) is 8.94. The van der Waals surface area contributed by atoms with Crippen LogP contribution in [0.15, 0.2) is 24.3 Å². The molecule has 13 heteroatoms. The van der Waals surface area contributed by atoms with Crippen molar-refractivity contribution < 1.29 is 14.3 Å². The summed E-state index contributed by atoms with van der Waals surface area (Å²) in [4.78, 5) is 24.7. The van der Waals surface area contributed by atoms with Crippen LogP contribution >= 0.6 is 69.6 Å². The standard InChI is InChI=1S/C26H26Cl6N4O3.CH4/c1-23(2)12-18(38-15-33)13-24(3,14-23)11-10-20(37)39-17-7-4-16(5-8-17)6-9-19-34-21(25(27,28)29)36-22(35-19)26(30,31)32;/h4-9,18H,10-14H2,1-3H3;1H4/b9-6+;. The minimum absolute atomic E-state index is 0. The molecule has 1 fully saturated rings. The quantitative estimate of drug-likeness (QED) is 0.125. The lowest BCUT2D eigenvalue weighted by atomic mass is 9.62. The number of carbonyl (C=O) groups excluding carboxylic acids is 1. The number of hydrogen-bond acceptors (Lipinski definition) is 7. The molecule has 40 heavy (non-hydrogen) atoms. The van der Waals surface area contributed by atoms with Crippen molar-refractivity contribution in [1.82, 2.24) is 15.0 Å². The Bertz CT molecular complexity index is 1220. The molecule has 1 heterocycles. The molecule has 0 radical (unpaired) electrons. The minimum atomic E-state index is -1.95. The van der Waals surface area contributed by atoms with Crippen molar-refractivity contribution in [3.05, 3.63) is 47.3 Å². The maximum atomic E-state index is 12.6. The molecule has 1 aliphatic carbocycles. The smallest absolute Gasteiger partial charge is 0.311 e. The van der Waals surface area contributed by atoms with E-state index < -0.39 is 7.59 Å². The number of nitrogens with zero attached hydrogens (tertiary/aromatic N) is 4. The zero-order chi connectivity index (χ0) is 29.1. The van der Waals surface area contributed by atoms with Gasteiger partial charge in [0.25, 0.3) is 6.26 Å². The summed E-state index contributed by atoms with van der Waals surface area (Å²) in [5.74, 6) is -0.183. The van der Waals surface area contributed by atoms with E-state index in [2.05, 4.69) is 35.7 Å². The maximum absolute atomic E-state index is 12.6. The van der Waals surface area contributed by atoms with E-state index in [1.165, 1.54) is 6.08 Å². The zero-order valence-corrected chi connectivity index (χ0v) is 25.9. The first kappa shape index (κ1) is 34.7. The topological polar surface area (TPSA) is 98.0 Å². The van der Waals surface area contributed by atoms with Crippen LogP contribution in [0.3, 0.4) is 0 Å². The van der Waals surface area contributed by atoms with Gasteiger partial charge in [-0.2, -0.15) is 5.26 Å². The van der Waals surface area contributed by atoms with E-state index in [0.29, 0.717) is 12.2 Å². The fraction of sp³-hybridized carbons (Fsp3) is 0.519. The summed E-state index contributed by atoms with van der Waals surface area (Å²) >= 11 is 35.4. The molecule has 1 aromatic heterocycles. The van der Waals surface area contributed by atoms with Crippen molar-refractivity contribution in [3.8, 4) is 12.0 Å². The Kier molecular flexibility index (Phi) is 11.8. The Morgan fingerprint density at radius 2 is 1.57 bits per heavy atom. The van der Waals surface area contributed by atoms with E-state index in [0.717, 1.165) is 24.8 Å². The molecule has 1 aliphatic rings. The van der Waals surface area contributed by atoms with E-state index in [1.54, 1.807) is 30.3 Å². The Morgan fingerprint density at radius 3 is 2.10 bits per heavy atom. The first-order valence-electron chi connectivity index (χ1n) is 11.9. The molecule has 1 aromatic carbocycles. The molecule has 218 valence electrons. The Labute approximate surface area is 265 Å². The van der Waals surface area contributed by atoms with Crippen LogP contribution in [0.1, 0.15) is 83.3 Å². The van der Waals surface area contributed by atoms with Gasteiger partial charge in [0.2, 0.25) is 7.59 Å². The lowest BCUT2D eigenvalue weighted by Gasteiger charge is -2.45. The first-order chi connectivity index (χ1) is 18.0. The fourth-order valence-corrected chi connectivity index (χ4v) is 5.52. The third kappa shape index (κ3) is 10.4. The van der Waals surface area contributed by atoms with Gasteiger partial charge >= 0.3 is 5.97 Å². The van der Waals surface area contributed by atoms with Crippen molar-refractivity contribution in [3.63, 3.8) is 0 Å². The third-order valence-electron chi connectivity index (χ3n) is 6.25. The molecule has 0 spiro atoms. The highest BCUT2D eigenvalue weighted by atomic mass is 35.6. The van der Waals surface area contributed by atoms with Crippen LogP contribution in [0, 0.1) is 22.3 Å². The predicted molar refractivity (Wildman–Crippen MR) is 161 cm³/mol. The van der Waals surface area contributed by atoms with Crippen LogP contribution in [-0.4, -0.2) is 27.0 Å². The van der Waals surface area contributed by atoms with Crippen LogP contribution in [0.4, 0.5) is 0 Å². The van der Waals surface area contributed by atoms with Crippen LogP contribution in [0.25, 0.3) is 12.2 Å². The first-order valence-corrected chi connectivity index (χ1v) is 14.2. The van der Waals surface area contributed by atoms with Gasteiger partial charge < -0.3 is 9.47 Å². The number of hydrogen-bond donors (Lipinski definition) is 0. The number of aromatic nitrogens is 3. The van der Waals surface area contributed by atoms with Crippen molar-refractivity contribution in [1.29, 1.82) is 5.26 Å². The molecular weight excluding hydrogens is 641 g/mol. The fourth-order valence-electron chi connectivity index (χ4n) is 5.01. The molecular formula is C27H30Cl6N4O3. The predicted octanol–water partition coefficient (Wildman–Crippen LogP) is 9.10. The van der Waals surface area contributed by atoms with Gasteiger partial charge in [-0.1, -0.05) is 116 Å². The van der Waals surface area contributed by atoms with Gasteiger partial charge in [0, 0.05) is 6.42 Å². The summed E-state index contributed by atoms with van der Waals surface area (Å²) in [6, 6.07) is 6.85. The monoisotopic (exact) mass is 668 g/mol. The highest BCUT2D eigenvalue weighted by Crippen LogP contribution is 2.49. The molecule has 0 bridgehead atoms. The zero-order valence-electron chi connectivity index (χ0n) is 21.4. The van der Waals surface area contributed by atoms with Gasteiger partial charge in [0.15, 0.2) is 17.5 Å². The summed E-state index contributed by atoms with van der Waals surface area (Å²) in [7, 11) is 0. The Morgan fingerprint density at radius 1 is 1.00 bits per heavy atom. The number of alkyl halides is 6. The molecule has 2 atom stereocenters. The summed E-state index contributed by atoms with van der Waals surface area (Å²) in [5.41, 5.74) is 0.646. The van der Waals surface area contributed by atoms with Crippen molar-refractivity contribution in [2.75, 3.05) is 0 Å². The Balaban J connectivity index is 0.00000560. The number of halogens is 6. The van der Waals surface area contributed by atoms with E-state index >= 15 is 0 Å². The third-order valence-corrected chi connectivity index (χ3v) is 7.27. The molecule has 7 nitrogen and oxygen atoms in total. The summed E-state index contributed by atoms with van der Waals surface area (Å²) < 4.78 is 6.90. The van der Waals surface area contributed by atoms with E-state index in [1.807, 2.05) is 6.26 Å². The lowest BCUT2D eigenvalue weighted by Crippen LogP contribution is -2.39. The van der Waals surface area contributed by atoms with E-state index in [-0.39, 0.29) is 54.2 Å². The number of esters is 1. The lowest BCUT2D eigenvalue weighted by molar-refractivity contribution is -0.135. The second-order valence-corrected chi connectivity index (χ2v) is 15.2. The van der Waals surface area contributed by atoms with Gasteiger partial charge in [0.05, 0.1) is 0 Å². The van der Waals surface area contributed by atoms with Gasteiger partial charge in [-0.25, -0.2) is 15.0 Å². The number of benzene rings is 1. The molecule has 0 amide bonds. The normalized spacial score (nSPS) is 20.9. The van der Waals surface area contributed by atoms with Gasteiger partial charge in [-0.3, -0.25) is 4.79 Å². The minimum Gasteiger partial charge on any atom is -0.427 e. The second kappa shape index (κ2) is 13.6. The molecule has 0 N–H and O–H groups in total. The van der Waals surface area contributed by atoms with Crippen LogP contribution in [0.2, 0.25) is 0 Å². The van der Waals surface area contributed by atoms with Crippen molar-refractivity contribution in [2.45, 2.75) is 74.0 Å². The number of nitriles is 1. The molecule has 0 saturated heterocycles. The van der Waals surface area contributed by atoms with Crippen LogP contribution in [0.5, 0.6) is 5.75 Å². The Hall–Kier alpha value is -1.53. The largest absolute Gasteiger partial charge is 0.427 e. The highest BCUT2D eigenvalue weighted by molar-refractivity contribution is 6.67. The van der Waals surface area contributed by atoms with Gasteiger partial charge in [-0.15, -0.1) is 0 Å². The number of rotatable bonds is 7. The van der Waals surface area contributed by atoms with Crippen molar-refractivity contribution >= 4 is 87.7 Å². The maximum Gasteiger partial charge on any atom is 0.311 e. The van der Waals surface area contributed by atoms with Crippen molar-refractivity contribution in [2.24, 2.45) is 10.8 Å². The highest BCUT2D eigenvalue weighted by Gasteiger charge is 2.42. The van der Waals surface area contributed by atoms with E-state index in [9.17, 15) is 4.79 Å². The summed E-state index contributed by atoms with van der Waals surface area (Å²) in [6.45, 7) is 6.45. The number of ether oxygens (including phenoxy) is 2. The summed E-state index contributed by atoms with van der Waals surface area (Å²) in [6.07, 6.45) is 8.28. The van der Waals surface area contributed by atoms with Crippen LogP contribution in [-0.2, 0) is 17.1 Å². The van der Waals surface area contributed by atoms with Gasteiger partial charge in [0.1, 0.15) is 11.9 Å². The molecule has 2 aromatic rings. The average molecular weight is 671 g/mol. The average Bonchev–Trinajstić information content (AvgIpc) is 2.80. The van der Waals surface area contributed by atoms with Crippen LogP contribution < -0.4 is 4.74 Å². The SMILES string of the molecule is C.CC1(C)CC(OC#N)CC(C)(CCC(=O)Oc2ccc(/C=C/c3nc(C(Cl)(Cl)Cl)nc(C(Cl)(Cl)Cl)n3)cc2)C1. The second-order valence-electron chi connectivity index (χ2n) is 10.6. The molecule has 3 rings (SSSR count). The molecule has 0 aliphatic heterocycles. The van der Waals surface area contributed by atoms with E-state index in [4.69, 9.17) is 84.3 Å². The molecule has 2 unspecified atom stereocenters.